The monoisotopic (exact) mass is 271 g/mol. The van der Waals surface area contributed by atoms with Crippen LogP contribution in [0.25, 0.3) is 0 Å². The fourth-order valence-electron chi connectivity index (χ4n) is 1.77. The van der Waals surface area contributed by atoms with Gasteiger partial charge in [0, 0.05) is 17.2 Å². The third kappa shape index (κ3) is 3.63. The molecule has 2 rings (SSSR count). The molecule has 0 unspecified atom stereocenters. The van der Waals surface area contributed by atoms with Crippen molar-refractivity contribution in [3.8, 4) is 0 Å². The largest absolute Gasteiger partial charge is 0.359 e. The molecule has 0 amide bonds. The Hall–Kier alpha value is -2.23. The molecule has 106 valence electrons. The van der Waals surface area contributed by atoms with Crippen molar-refractivity contribution in [1.29, 1.82) is 0 Å². The van der Waals surface area contributed by atoms with Gasteiger partial charge < -0.3 is 15.2 Å². The van der Waals surface area contributed by atoms with E-state index >= 15 is 0 Å². The summed E-state index contributed by atoms with van der Waals surface area (Å²) in [7, 11) is 0. The Kier molecular flexibility index (Phi) is 3.84. The second-order valence-corrected chi connectivity index (χ2v) is 5.92. The Balaban J connectivity index is 2.00. The van der Waals surface area contributed by atoms with E-state index in [9.17, 15) is 0 Å². The maximum absolute atomic E-state index is 5.32. The van der Waals surface area contributed by atoms with Crippen molar-refractivity contribution in [2.75, 3.05) is 10.6 Å². The molecule has 1 aromatic carbocycles. The van der Waals surface area contributed by atoms with E-state index < -0.39 is 0 Å². The number of hydrogen-bond donors (Lipinski definition) is 2. The van der Waals surface area contributed by atoms with Crippen molar-refractivity contribution in [3.63, 3.8) is 0 Å². The lowest BCUT2D eigenvalue weighted by Crippen LogP contribution is -2.10. The first-order valence-corrected chi connectivity index (χ1v) is 6.61. The van der Waals surface area contributed by atoms with Crippen molar-refractivity contribution >= 4 is 11.5 Å². The SMILES string of the molecule is C=C(Nc1cccc(C)c1)Nc1cc(C(C)(C)C)on1. The van der Waals surface area contributed by atoms with E-state index in [0.717, 1.165) is 11.4 Å². The number of nitrogens with zero attached hydrogens (tertiary/aromatic N) is 1. The smallest absolute Gasteiger partial charge is 0.175 e. The Morgan fingerprint density at radius 3 is 2.55 bits per heavy atom. The van der Waals surface area contributed by atoms with E-state index in [1.54, 1.807) is 0 Å². The predicted molar refractivity (Wildman–Crippen MR) is 82.8 cm³/mol. The molecule has 4 heteroatoms. The van der Waals surface area contributed by atoms with Crippen LogP contribution in [-0.4, -0.2) is 5.16 Å². The minimum absolute atomic E-state index is 0.0573. The van der Waals surface area contributed by atoms with Crippen LogP contribution in [0.3, 0.4) is 0 Å². The van der Waals surface area contributed by atoms with Crippen LogP contribution in [0.4, 0.5) is 11.5 Å². The van der Waals surface area contributed by atoms with Gasteiger partial charge in [0.05, 0.1) is 0 Å². The fraction of sp³-hybridized carbons (Fsp3) is 0.312. The molecule has 1 aromatic heterocycles. The van der Waals surface area contributed by atoms with Gasteiger partial charge in [0.1, 0.15) is 11.6 Å². The minimum atomic E-state index is -0.0573. The van der Waals surface area contributed by atoms with Crippen molar-refractivity contribution < 1.29 is 4.52 Å². The highest BCUT2D eigenvalue weighted by Crippen LogP contribution is 2.24. The lowest BCUT2D eigenvalue weighted by molar-refractivity contribution is 0.331. The summed E-state index contributed by atoms with van der Waals surface area (Å²) < 4.78 is 5.32. The average molecular weight is 271 g/mol. The lowest BCUT2D eigenvalue weighted by atomic mass is 9.93. The Bertz CT molecular complexity index is 608. The molecule has 1 heterocycles. The van der Waals surface area contributed by atoms with Crippen LogP contribution in [-0.2, 0) is 5.41 Å². The molecule has 0 aliphatic heterocycles. The molecule has 0 aliphatic rings. The molecule has 0 saturated heterocycles. The quantitative estimate of drug-likeness (QED) is 0.871. The first-order valence-electron chi connectivity index (χ1n) is 6.61. The Morgan fingerprint density at radius 1 is 1.20 bits per heavy atom. The highest BCUT2D eigenvalue weighted by atomic mass is 16.5. The van der Waals surface area contributed by atoms with Gasteiger partial charge in [0.2, 0.25) is 0 Å². The molecule has 20 heavy (non-hydrogen) atoms. The Labute approximate surface area is 119 Å². The molecule has 0 bridgehead atoms. The molecular formula is C16H21N3O. The zero-order valence-corrected chi connectivity index (χ0v) is 12.4. The van der Waals surface area contributed by atoms with Gasteiger partial charge in [-0.3, -0.25) is 0 Å². The second-order valence-electron chi connectivity index (χ2n) is 5.92. The van der Waals surface area contributed by atoms with Crippen molar-refractivity contribution in [2.45, 2.75) is 33.1 Å². The molecule has 0 spiro atoms. The van der Waals surface area contributed by atoms with Gasteiger partial charge in [-0.15, -0.1) is 0 Å². The number of nitrogens with one attached hydrogen (secondary N) is 2. The van der Waals surface area contributed by atoms with Gasteiger partial charge in [-0.2, -0.15) is 0 Å². The van der Waals surface area contributed by atoms with Gasteiger partial charge in [0.15, 0.2) is 5.82 Å². The zero-order valence-electron chi connectivity index (χ0n) is 12.4. The first kappa shape index (κ1) is 14.2. The highest BCUT2D eigenvalue weighted by Gasteiger charge is 2.19. The van der Waals surface area contributed by atoms with Crippen LogP contribution in [0.1, 0.15) is 32.1 Å². The second kappa shape index (κ2) is 5.41. The standard InChI is InChI=1S/C16H21N3O/c1-11-7-6-8-13(9-11)17-12(2)18-15-10-14(20-19-15)16(3,4)5/h6-10,17H,2H2,1,3-5H3,(H,18,19). The van der Waals surface area contributed by atoms with Gasteiger partial charge in [-0.1, -0.05) is 44.6 Å². The van der Waals surface area contributed by atoms with Crippen molar-refractivity contribution in [3.05, 3.63) is 54.1 Å². The summed E-state index contributed by atoms with van der Waals surface area (Å²) >= 11 is 0. The van der Waals surface area contributed by atoms with Crippen LogP contribution in [0.15, 0.2) is 47.3 Å². The molecule has 0 radical (unpaired) electrons. The van der Waals surface area contributed by atoms with Crippen LogP contribution in [0.2, 0.25) is 0 Å². The van der Waals surface area contributed by atoms with Crippen molar-refractivity contribution in [1.82, 2.24) is 5.16 Å². The molecule has 0 fully saturated rings. The zero-order chi connectivity index (χ0) is 14.8. The summed E-state index contributed by atoms with van der Waals surface area (Å²) in [5.74, 6) is 2.15. The summed E-state index contributed by atoms with van der Waals surface area (Å²) in [6.45, 7) is 12.2. The summed E-state index contributed by atoms with van der Waals surface area (Å²) in [5.41, 5.74) is 2.12. The molecule has 2 N–H and O–H groups in total. The lowest BCUT2D eigenvalue weighted by Gasteiger charge is -2.12. The normalized spacial score (nSPS) is 11.2. The van der Waals surface area contributed by atoms with E-state index in [1.807, 2.05) is 18.2 Å². The molecule has 0 saturated carbocycles. The molecule has 2 aromatic rings. The number of aromatic nitrogens is 1. The minimum Gasteiger partial charge on any atom is -0.359 e. The van der Waals surface area contributed by atoms with Gasteiger partial charge in [-0.05, 0) is 24.6 Å². The summed E-state index contributed by atoms with van der Waals surface area (Å²) in [6, 6.07) is 9.98. The summed E-state index contributed by atoms with van der Waals surface area (Å²) in [4.78, 5) is 0. The van der Waals surface area contributed by atoms with Crippen LogP contribution in [0.5, 0.6) is 0 Å². The molecule has 0 atom stereocenters. The Morgan fingerprint density at radius 2 is 1.95 bits per heavy atom. The number of anilines is 2. The van der Waals surface area contributed by atoms with Crippen molar-refractivity contribution in [2.24, 2.45) is 0 Å². The average Bonchev–Trinajstić information content (AvgIpc) is 2.76. The van der Waals surface area contributed by atoms with Gasteiger partial charge in [0.25, 0.3) is 0 Å². The number of aryl methyl sites for hydroxylation is 1. The van der Waals surface area contributed by atoms with Gasteiger partial charge >= 0.3 is 0 Å². The van der Waals surface area contributed by atoms with E-state index in [4.69, 9.17) is 4.52 Å². The van der Waals surface area contributed by atoms with E-state index in [2.05, 4.69) is 62.2 Å². The maximum Gasteiger partial charge on any atom is 0.175 e. The van der Waals surface area contributed by atoms with Crippen LogP contribution in [0, 0.1) is 6.92 Å². The topological polar surface area (TPSA) is 50.1 Å². The maximum atomic E-state index is 5.32. The molecule has 4 nitrogen and oxygen atoms in total. The van der Waals surface area contributed by atoms with E-state index in [1.165, 1.54) is 5.56 Å². The van der Waals surface area contributed by atoms with E-state index in [-0.39, 0.29) is 5.41 Å². The van der Waals surface area contributed by atoms with Crippen LogP contribution < -0.4 is 10.6 Å². The third-order valence-corrected chi connectivity index (χ3v) is 2.84. The fourth-order valence-corrected chi connectivity index (χ4v) is 1.77. The number of benzene rings is 1. The van der Waals surface area contributed by atoms with Gasteiger partial charge in [-0.25, -0.2) is 0 Å². The first-order chi connectivity index (χ1) is 9.34. The van der Waals surface area contributed by atoms with Crippen LogP contribution >= 0.6 is 0 Å². The number of hydrogen-bond acceptors (Lipinski definition) is 4. The predicted octanol–water partition coefficient (Wildman–Crippen LogP) is 4.28. The molecule has 0 aliphatic carbocycles. The summed E-state index contributed by atoms with van der Waals surface area (Å²) in [5, 5.41) is 10.3. The highest BCUT2D eigenvalue weighted by molar-refractivity contribution is 5.53. The molecular weight excluding hydrogens is 250 g/mol. The summed E-state index contributed by atoms with van der Waals surface area (Å²) in [6.07, 6.45) is 0. The third-order valence-electron chi connectivity index (χ3n) is 2.84. The number of rotatable bonds is 4. The van der Waals surface area contributed by atoms with E-state index in [0.29, 0.717) is 11.6 Å².